The quantitative estimate of drug-likeness (QED) is 0.547. The monoisotopic (exact) mass is 200 g/mol. The van der Waals surface area contributed by atoms with Crippen molar-refractivity contribution >= 4 is 0 Å². The van der Waals surface area contributed by atoms with Gasteiger partial charge in [-0.05, 0) is 30.1 Å². The van der Waals surface area contributed by atoms with Crippen molar-refractivity contribution in [3.05, 3.63) is 34.9 Å². The molecule has 0 heterocycles. The first kappa shape index (κ1) is 11.2. The van der Waals surface area contributed by atoms with Crippen molar-refractivity contribution in [3.63, 3.8) is 0 Å². The number of hydrogen-bond acceptors (Lipinski definition) is 3. The van der Waals surface area contributed by atoms with Gasteiger partial charge in [0.15, 0.2) is 0 Å². The van der Waals surface area contributed by atoms with Crippen LogP contribution in [0.4, 0.5) is 0 Å². The number of aliphatic hydroxyl groups is 1. The van der Waals surface area contributed by atoms with Crippen molar-refractivity contribution in [2.75, 3.05) is 0 Å². The molecule has 1 unspecified atom stereocenters. The summed E-state index contributed by atoms with van der Waals surface area (Å²) in [6, 6.07) is 3.72. The van der Waals surface area contributed by atoms with Crippen molar-refractivity contribution in [2.45, 2.75) is 25.9 Å². The standard InChI is InChI=1S/C12H12N2O/c1-3-4-10-8(2)12(15)5-11(10)9(6-13)7-14/h3,12,15H,1,4-5H2,2H3. The van der Waals surface area contributed by atoms with E-state index in [0.29, 0.717) is 18.4 Å². The van der Waals surface area contributed by atoms with Gasteiger partial charge < -0.3 is 5.11 Å². The van der Waals surface area contributed by atoms with Crippen LogP contribution in [-0.4, -0.2) is 11.2 Å². The summed E-state index contributed by atoms with van der Waals surface area (Å²) >= 11 is 0. The summed E-state index contributed by atoms with van der Waals surface area (Å²) in [6.45, 7) is 5.45. The molecule has 0 aromatic heterocycles. The second-order valence-electron chi connectivity index (χ2n) is 3.45. The first-order valence-electron chi connectivity index (χ1n) is 4.68. The van der Waals surface area contributed by atoms with E-state index in [-0.39, 0.29) is 5.57 Å². The molecule has 1 aliphatic carbocycles. The molecule has 0 radical (unpaired) electrons. The Balaban J connectivity index is 3.27. The average molecular weight is 200 g/mol. The second-order valence-corrected chi connectivity index (χ2v) is 3.45. The fourth-order valence-electron chi connectivity index (χ4n) is 1.75. The van der Waals surface area contributed by atoms with Crippen LogP contribution in [0.5, 0.6) is 0 Å². The number of nitriles is 2. The van der Waals surface area contributed by atoms with Gasteiger partial charge in [0.1, 0.15) is 17.7 Å². The molecule has 0 bridgehead atoms. The highest BCUT2D eigenvalue weighted by Crippen LogP contribution is 2.35. The third-order valence-electron chi connectivity index (χ3n) is 2.61. The largest absolute Gasteiger partial charge is 0.388 e. The molecule has 3 heteroatoms. The molecule has 0 spiro atoms. The molecule has 0 aromatic carbocycles. The first-order valence-corrected chi connectivity index (χ1v) is 4.68. The lowest BCUT2D eigenvalue weighted by Crippen LogP contribution is -2.01. The van der Waals surface area contributed by atoms with Crippen LogP contribution in [0.3, 0.4) is 0 Å². The van der Waals surface area contributed by atoms with Crippen LogP contribution in [-0.2, 0) is 0 Å². The van der Waals surface area contributed by atoms with E-state index in [1.807, 2.05) is 19.1 Å². The predicted octanol–water partition coefficient (Wildman–Crippen LogP) is 1.99. The third kappa shape index (κ3) is 1.98. The summed E-state index contributed by atoms with van der Waals surface area (Å²) in [6.07, 6.45) is 2.10. The fourth-order valence-corrected chi connectivity index (χ4v) is 1.75. The Hall–Kier alpha value is -1.84. The van der Waals surface area contributed by atoms with Crippen molar-refractivity contribution in [3.8, 4) is 12.1 Å². The van der Waals surface area contributed by atoms with Gasteiger partial charge in [-0.3, -0.25) is 0 Å². The lowest BCUT2D eigenvalue weighted by Gasteiger charge is -2.02. The molecule has 0 saturated heterocycles. The van der Waals surface area contributed by atoms with Crippen LogP contribution in [0.2, 0.25) is 0 Å². The van der Waals surface area contributed by atoms with Crippen molar-refractivity contribution < 1.29 is 5.11 Å². The number of hydrogen-bond donors (Lipinski definition) is 1. The molecule has 0 aromatic rings. The van der Waals surface area contributed by atoms with E-state index in [9.17, 15) is 5.11 Å². The third-order valence-corrected chi connectivity index (χ3v) is 2.61. The minimum atomic E-state index is -0.563. The highest BCUT2D eigenvalue weighted by molar-refractivity contribution is 5.54. The molecule has 1 aliphatic rings. The molecule has 0 aliphatic heterocycles. The summed E-state index contributed by atoms with van der Waals surface area (Å²) in [5, 5.41) is 27.2. The number of rotatable bonds is 2. The average Bonchev–Trinajstić information content (AvgIpc) is 2.49. The molecule has 0 fully saturated rings. The fraction of sp³-hybridized carbons (Fsp3) is 0.333. The Morgan fingerprint density at radius 3 is 2.67 bits per heavy atom. The molecular formula is C12H12N2O. The number of allylic oxidation sites excluding steroid dienone is 3. The van der Waals surface area contributed by atoms with Gasteiger partial charge in [0.2, 0.25) is 0 Å². The summed E-state index contributed by atoms with van der Waals surface area (Å²) in [7, 11) is 0. The molecule has 15 heavy (non-hydrogen) atoms. The minimum absolute atomic E-state index is 0.0998. The Morgan fingerprint density at radius 1 is 1.60 bits per heavy atom. The van der Waals surface area contributed by atoms with E-state index >= 15 is 0 Å². The van der Waals surface area contributed by atoms with Crippen LogP contribution in [0, 0.1) is 22.7 Å². The van der Waals surface area contributed by atoms with Crippen LogP contribution < -0.4 is 0 Å². The van der Waals surface area contributed by atoms with E-state index in [2.05, 4.69) is 6.58 Å². The normalized spacial score (nSPS) is 19.7. The summed E-state index contributed by atoms with van der Waals surface area (Å²) in [5.74, 6) is 0. The summed E-state index contributed by atoms with van der Waals surface area (Å²) in [4.78, 5) is 0. The van der Waals surface area contributed by atoms with Gasteiger partial charge in [0, 0.05) is 6.42 Å². The molecule has 76 valence electrons. The molecule has 3 nitrogen and oxygen atoms in total. The Morgan fingerprint density at radius 2 is 2.20 bits per heavy atom. The van der Waals surface area contributed by atoms with Gasteiger partial charge in [-0.1, -0.05) is 6.08 Å². The Labute approximate surface area is 89.3 Å². The van der Waals surface area contributed by atoms with E-state index in [1.54, 1.807) is 6.08 Å². The van der Waals surface area contributed by atoms with Gasteiger partial charge in [0.25, 0.3) is 0 Å². The zero-order chi connectivity index (χ0) is 11.4. The predicted molar refractivity (Wildman–Crippen MR) is 56.4 cm³/mol. The van der Waals surface area contributed by atoms with Crippen LogP contribution in [0.1, 0.15) is 19.8 Å². The highest BCUT2D eigenvalue weighted by Gasteiger charge is 2.26. The van der Waals surface area contributed by atoms with Crippen molar-refractivity contribution in [2.24, 2.45) is 0 Å². The SMILES string of the molecule is C=CCC1=C(C)C(O)CC1=C(C#N)C#N. The molecule has 1 rings (SSSR count). The maximum absolute atomic E-state index is 9.66. The van der Waals surface area contributed by atoms with E-state index in [1.165, 1.54) is 0 Å². The number of aliphatic hydroxyl groups excluding tert-OH is 1. The minimum Gasteiger partial charge on any atom is -0.388 e. The molecule has 1 atom stereocenters. The zero-order valence-electron chi connectivity index (χ0n) is 8.62. The summed E-state index contributed by atoms with van der Waals surface area (Å²) < 4.78 is 0. The zero-order valence-corrected chi connectivity index (χ0v) is 8.62. The summed E-state index contributed by atoms with van der Waals surface area (Å²) in [5.41, 5.74) is 2.50. The lowest BCUT2D eigenvalue weighted by atomic mass is 10.00. The van der Waals surface area contributed by atoms with E-state index in [4.69, 9.17) is 10.5 Å². The Bertz CT molecular complexity index is 414. The Kier molecular flexibility index (Phi) is 3.44. The van der Waals surface area contributed by atoms with Crippen LogP contribution >= 0.6 is 0 Å². The topological polar surface area (TPSA) is 67.8 Å². The van der Waals surface area contributed by atoms with Gasteiger partial charge >= 0.3 is 0 Å². The molecular weight excluding hydrogens is 188 g/mol. The lowest BCUT2D eigenvalue weighted by molar-refractivity contribution is 0.219. The molecule has 1 N–H and O–H groups in total. The van der Waals surface area contributed by atoms with E-state index < -0.39 is 6.10 Å². The molecule has 0 saturated carbocycles. The maximum atomic E-state index is 9.66. The number of nitrogens with zero attached hydrogens (tertiary/aromatic N) is 2. The van der Waals surface area contributed by atoms with E-state index in [0.717, 1.165) is 11.1 Å². The highest BCUT2D eigenvalue weighted by atomic mass is 16.3. The van der Waals surface area contributed by atoms with Crippen LogP contribution in [0.25, 0.3) is 0 Å². The first-order chi connectivity index (χ1) is 7.15. The van der Waals surface area contributed by atoms with Gasteiger partial charge in [0.05, 0.1) is 6.10 Å². The second kappa shape index (κ2) is 4.59. The maximum Gasteiger partial charge on any atom is 0.133 e. The van der Waals surface area contributed by atoms with Gasteiger partial charge in [-0.2, -0.15) is 10.5 Å². The molecule has 0 amide bonds. The van der Waals surface area contributed by atoms with Crippen LogP contribution in [0.15, 0.2) is 34.9 Å². The van der Waals surface area contributed by atoms with Gasteiger partial charge in [-0.15, -0.1) is 6.58 Å². The van der Waals surface area contributed by atoms with Crippen molar-refractivity contribution in [1.82, 2.24) is 0 Å². The van der Waals surface area contributed by atoms with Crippen molar-refractivity contribution in [1.29, 1.82) is 10.5 Å². The smallest absolute Gasteiger partial charge is 0.133 e. The van der Waals surface area contributed by atoms with Gasteiger partial charge in [-0.25, -0.2) is 0 Å².